The maximum Gasteiger partial charge on any atom is -0.0288 e. The molecule has 0 fully saturated rings. The summed E-state index contributed by atoms with van der Waals surface area (Å²) in [5, 5.41) is 0. The molecule has 0 rings (SSSR count). The Labute approximate surface area is 251 Å². The quantitative estimate of drug-likeness (QED) is 0.126. The standard InChI is InChI=1S/C40H66/c1-11-34(4)20-13-22-36(6)24-15-26-38(8)28-17-30-40(10)32-18-31-39(9)29-16-27-37(7)25-14-23-35(5)21-12-19-33(2)3/h11,19,22-23,26-27,30-31H,12-18,20-21,24-25,28-29,32H2,1-10H3/b34-11+,35-23+,36-22+,37-27+,38-26+,39-31-,40-30+. The second kappa shape index (κ2) is 24.7. The van der Waals surface area contributed by atoms with Gasteiger partial charge in [0.05, 0.1) is 0 Å². The van der Waals surface area contributed by atoms with E-state index in [2.05, 4.69) is 118 Å². The van der Waals surface area contributed by atoms with Crippen LogP contribution in [-0.2, 0) is 0 Å². The van der Waals surface area contributed by atoms with Crippen LogP contribution in [0.2, 0.25) is 0 Å². The molecule has 40 heavy (non-hydrogen) atoms. The van der Waals surface area contributed by atoms with Crippen LogP contribution >= 0.6 is 0 Å². The topological polar surface area (TPSA) is 0 Å². The predicted molar refractivity (Wildman–Crippen MR) is 186 cm³/mol. The molecule has 0 nitrogen and oxygen atoms in total. The van der Waals surface area contributed by atoms with Crippen LogP contribution < -0.4 is 0 Å². The van der Waals surface area contributed by atoms with Crippen LogP contribution in [0.5, 0.6) is 0 Å². The summed E-state index contributed by atoms with van der Waals surface area (Å²) in [6, 6.07) is 0. The minimum Gasteiger partial charge on any atom is -0.0887 e. The average Bonchev–Trinajstić information content (AvgIpc) is 2.88. The molecule has 0 radical (unpaired) electrons. The SMILES string of the molecule is C/C=C(\C)CC/C=C(\C)CC/C=C(\C)CC/C=C(\C)CC/C=C(/C)CC/C=C(\C)CC/C=C(\C)CCC=C(C)C. The normalized spacial score (nSPS) is 14.7. The lowest BCUT2D eigenvalue weighted by atomic mass is 10.0. The fourth-order valence-electron chi connectivity index (χ4n) is 4.62. The van der Waals surface area contributed by atoms with Gasteiger partial charge < -0.3 is 0 Å². The largest absolute Gasteiger partial charge is 0.0887 e. The molecule has 0 bridgehead atoms. The summed E-state index contributed by atoms with van der Waals surface area (Å²) < 4.78 is 0. The predicted octanol–water partition coefficient (Wildman–Crippen LogP) is 14.1. The Morgan fingerprint density at radius 2 is 0.500 bits per heavy atom. The zero-order valence-corrected chi connectivity index (χ0v) is 28.5. The van der Waals surface area contributed by atoms with Crippen molar-refractivity contribution in [1.29, 1.82) is 0 Å². The summed E-state index contributed by atoms with van der Waals surface area (Å²) in [7, 11) is 0. The molecule has 0 amide bonds. The molecule has 0 unspecified atom stereocenters. The molecule has 0 aliphatic rings. The molecule has 226 valence electrons. The second-order valence-corrected chi connectivity index (χ2v) is 12.5. The smallest absolute Gasteiger partial charge is 0.0288 e. The first-order valence-corrected chi connectivity index (χ1v) is 16.2. The van der Waals surface area contributed by atoms with Gasteiger partial charge in [-0.25, -0.2) is 0 Å². The third-order valence-corrected chi connectivity index (χ3v) is 7.77. The van der Waals surface area contributed by atoms with Gasteiger partial charge in [0.25, 0.3) is 0 Å². The summed E-state index contributed by atoms with van der Waals surface area (Å²) in [5.74, 6) is 0. The van der Waals surface area contributed by atoms with Crippen molar-refractivity contribution in [3.05, 3.63) is 93.2 Å². The molecule has 0 aromatic rings. The van der Waals surface area contributed by atoms with Gasteiger partial charge in [-0.1, -0.05) is 93.2 Å². The van der Waals surface area contributed by atoms with Crippen molar-refractivity contribution in [2.45, 2.75) is 159 Å². The lowest BCUT2D eigenvalue weighted by Gasteiger charge is -2.04. The highest BCUT2D eigenvalue weighted by Crippen LogP contribution is 2.17. The van der Waals surface area contributed by atoms with E-state index in [4.69, 9.17) is 0 Å². The highest BCUT2D eigenvalue weighted by Gasteiger charge is 1.96. The summed E-state index contributed by atoms with van der Waals surface area (Å²) in [6.45, 7) is 22.5. The zero-order valence-electron chi connectivity index (χ0n) is 28.5. The van der Waals surface area contributed by atoms with Crippen LogP contribution in [0.4, 0.5) is 0 Å². The molecular formula is C40H66. The molecular weight excluding hydrogens is 480 g/mol. The van der Waals surface area contributed by atoms with Crippen molar-refractivity contribution < 1.29 is 0 Å². The summed E-state index contributed by atoms with van der Waals surface area (Å²) in [5.41, 5.74) is 12.1. The van der Waals surface area contributed by atoms with Gasteiger partial charge in [0.1, 0.15) is 0 Å². The van der Waals surface area contributed by atoms with Crippen molar-refractivity contribution in [2.24, 2.45) is 0 Å². The maximum atomic E-state index is 2.46. The van der Waals surface area contributed by atoms with Gasteiger partial charge in [-0.05, 0) is 159 Å². The fourth-order valence-corrected chi connectivity index (χ4v) is 4.62. The Morgan fingerprint density at radius 1 is 0.300 bits per heavy atom. The summed E-state index contributed by atoms with van der Waals surface area (Å²) in [6.07, 6.45) is 35.8. The van der Waals surface area contributed by atoms with Gasteiger partial charge in [0, 0.05) is 0 Å². The lowest BCUT2D eigenvalue weighted by molar-refractivity contribution is 0.881. The van der Waals surface area contributed by atoms with Crippen LogP contribution in [0.3, 0.4) is 0 Å². The number of hydrogen-bond acceptors (Lipinski definition) is 0. The Bertz CT molecular complexity index is 929. The van der Waals surface area contributed by atoms with E-state index in [0.717, 1.165) is 0 Å². The molecule has 0 aliphatic carbocycles. The molecule has 0 saturated heterocycles. The molecule has 0 aromatic heterocycles. The third-order valence-electron chi connectivity index (χ3n) is 7.77. The molecule has 0 N–H and O–H groups in total. The van der Waals surface area contributed by atoms with Crippen LogP contribution in [0, 0.1) is 0 Å². The van der Waals surface area contributed by atoms with Crippen molar-refractivity contribution in [3.8, 4) is 0 Å². The van der Waals surface area contributed by atoms with Crippen molar-refractivity contribution in [1.82, 2.24) is 0 Å². The third kappa shape index (κ3) is 24.9. The Kier molecular flexibility index (Phi) is 23.4. The molecule has 0 atom stereocenters. The number of hydrogen-bond donors (Lipinski definition) is 0. The summed E-state index contributed by atoms with van der Waals surface area (Å²) in [4.78, 5) is 0. The lowest BCUT2D eigenvalue weighted by Crippen LogP contribution is -1.84. The maximum absolute atomic E-state index is 2.46. The first-order valence-electron chi connectivity index (χ1n) is 16.2. The van der Waals surface area contributed by atoms with Crippen LogP contribution in [0.25, 0.3) is 0 Å². The van der Waals surface area contributed by atoms with E-state index in [0.29, 0.717) is 0 Å². The molecule has 0 spiro atoms. The van der Waals surface area contributed by atoms with E-state index in [1.165, 1.54) is 134 Å². The van der Waals surface area contributed by atoms with Crippen molar-refractivity contribution in [3.63, 3.8) is 0 Å². The van der Waals surface area contributed by atoms with E-state index in [9.17, 15) is 0 Å². The Hall–Kier alpha value is -2.08. The first-order chi connectivity index (χ1) is 19.0. The minimum absolute atomic E-state index is 1.17. The number of allylic oxidation sites excluding steroid dienone is 16. The Balaban J connectivity index is 4.17. The number of rotatable bonds is 21. The monoisotopic (exact) mass is 547 g/mol. The van der Waals surface area contributed by atoms with E-state index in [-0.39, 0.29) is 0 Å². The Morgan fingerprint density at radius 3 is 0.700 bits per heavy atom. The molecule has 0 aliphatic heterocycles. The van der Waals surface area contributed by atoms with Gasteiger partial charge in [-0.3, -0.25) is 0 Å². The van der Waals surface area contributed by atoms with E-state index >= 15 is 0 Å². The second-order valence-electron chi connectivity index (χ2n) is 12.5. The van der Waals surface area contributed by atoms with Crippen molar-refractivity contribution in [2.75, 3.05) is 0 Å². The highest BCUT2D eigenvalue weighted by atomic mass is 14.0. The van der Waals surface area contributed by atoms with Crippen LogP contribution in [-0.4, -0.2) is 0 Å². The van der Waals surface area contributed by atoms with Gasteiger partial charge in [-0.2, -0.15) is 0 Å². The van der Waals surface area contributed by atoms with Crippen LogP contribution in [0.15, 0.2) is 93.2 Å². The molecule has 0 heteroatoms. The molecule has 0 heterocycles. The highest BCUT2D eigenvalue weighted by molar-refractivity contribution is 5.10. The zero-order chi connectivity index (χ0) is 30.2. The first kappa shape index (κ1) is 37.9. The van der Waals surface area contributed by atoms with Gasteiger partial charge in [0.15, 0.2) is 0 Å². The van der Waals surface area contributed by atoms with Gasteiger partial charge in [-0.15, -0.1) is 0 Å². The van der Waals surface area contributed by atoms with E-state index in [1.807, 2.05) is 0 Å². The van der Waals surface area contributed by atoms with Gasteiger partial charge >= 0.3 is 0 Å². The average molecular weight is 547 g/mol. The van der Waals surface area contributed by atoms with Crippen molar-refractivity contribution >= 4 is 0 Å². The molecule has 0 aromatic carbocycles. The van der Waals surface area contributed by atoms with E-state index in [1.54, 1.807) is 0 Å². The van der Waals surface area contributed by atoms with Gasteiger partial charge in [0.2, 0.25) is 0 Å². The van der Waals surface area contributed by atoms with Crippen LogP contribution in [0.1, 0.15) is 159 Å². The fraction of sp³-hybridized carbons (Fsp3) is 0.600. The summed E-state index contributed by atoms with van der Waals surface area (Å²) >= 11 is 0. The molecule has 0 saturated carbocycles. The minimum atomic E-state index is 1.17. The van der Waals surface area contributed by atoms with E-state index < -0.39 is 0 Å².